The van der Waals surface area contributed by atoms with E-state index in [0.29, 0.717) is 23.9 Å². The number of ether oxygens (including phenoxy) is 3. The Morgan fingerprint density at radius 1 is 1.03 bits per heavy atom. The fourth-order valence-electron chi connectivity index (χ4n) is 4.28. The predicted molar refractivity (Wildman–Crippen MR) is 156 cm³/mol. The van der Waals surface area contributed by atoms with Gasteiger partial charge < -0.3 is 24.1 Å². The van der Waals surface area contributed by atoms with Gasteiger partial charge in [0.25, 0.3) is 5.91 Å². The molecule has 0 radical (unpaired) electrons. The van der Waals surface area contributed by atoms with Gasteiger partial charge in [0, 0.05) is 24.5 Å². The van der Waals surface area contributed by atoms with Gasteiger partial charge in [-0.05, 0) is 73.9 Å². The number of halogens is 1. The fourth-order valence-corrected chi connectivity index (χ4v) is 4.40. The molecule has 0 aliphatic carbocycles. The van der Waals surface area contributed by atoms with E-state index in [1.54, 1.807) is 31.4 Å². The molecule has 0 fully saturated rings. The minimum Gasteiger partial charge on any atom is -0.493 e. The second-order valence-electron chi connectivity index (χ2n) is 8.98. The molecule has 1 heterocycles. The van der Waals surface area contributed by atoms with Gasteiger partial charge in [-0.1, -0.05) is 42.0 Å². The number of nitrogens with zero attached hydrogens (tertiary/aromatic N) is 2. The van der Waals surface area contributed by atoms with Crippen molar-refractivity contribution in [3.05, 3.63) is 89.2 Å². The molecule has 0 spiro atoms. The first-order valence-corrected chi connectivity index (χ1v) is 13.5. The summed E-state index contributed by atoms with van der Waals surface area (Å²) in [5, 5.41) is 3.54. The molecular weight excluding hydrogens is 514 g/mol. The molecule has 3 aromatic carbocycles. The van der Waals surface area contributed by atoms with Gasteiger partial charge in [-0.2, -0.15) is 0 Å². The smallest absolute Gasteiger partial charge is 0.257 e. The number of methoxy groups -OCH3 is 1. The average molecular weight is 548 g/mol. The van der Waals surface area contributed by atoms with Crippen molar-refractivity contribution in [1.82, 2.24) is 14.9 Å². The lowest BCUT2D eigenvalue weighted by Gasteiger charge is -2.13. The summed E-state index contributed by atoms with van der Waals surface area (Å²) in [6, 6.07) is 21.0. The van der Waals surface area contributed by atoms with Gasteiger partial charge in [0.15, 0.2) is 18.1 Å². The van der Waals surface area contributed by atoms with E-state index in [0.717, 1.165) is 59.7 Å². The molecule has 0 saturated carbocycles. The van der Waals surface area contributed by atoms with Crippen LogP contribution in [0.4, 0.5) is 0 Å². The summed E-state index contributed by atoms with van der Waals surface area (Å²) in [5.41, 5.74) is 3.14. The summed E-state index contributed by atoms with van der Waals surface area (Å²) in [6.45, 7) is 3.81. The zero-order valence-electron chi connectivity index (χ0n) is 22.4. The van der Waals surface area contributed by atoms with Crippen molar-refractivity contribution in [3.8, 4) is 17.2 Å². The van der Waals surface area contributed by atoms with Crippen LogP contribution in [0, 0.1) is 0 Å². The van der Waals surface area contributed by atoms with Gasteiger partial charge >= 0.3 is 0 Å². The van der Waals surface area contributed by atoms with Gasteiger partial charge in [0.1, 0.15) is 11.6 Å². The maximum absolute atomic E-state index is 12.2. The number of aryl methyl sites for hydroxylation is 2. The number of imidazole rings is 1. The number of aromatic nitrogens is 2. The molecule has 1 amide bonds. The highest BCUT2D eigenvalue weighted by Crippen LogP contribution is 2.29. The Hall–Kier alpha value is -3.97. The predicted octanol–water partition coefficient (Wildman–Crippen LogP) is 6.33. The Bertz CT molecular complexity index is 1400. The van der Waals surface area contributed by atoms with Crippen LogP contribution in [0.3, 0.4) is 0 Å². The first-order valence-electron chi connectivity index (χ1n) is 13.1. The lowest BCUT2D eigenvalue weighted by Crippen LogP contribution is -2.30. The summed E-state index contributed by atoms with van der Waals surface area (Å²) in [6.07, 6.45) is 6.34. The molecule has 0 unspecified atom stereocenters. The molecule has 0 atom stereocenters. The van der Waals surface area contributed by atoms with Gasteiger partial charge in [-0.15, -0.1) is 0 Å². The number of carbonyl (C=O) groups is 1. The maximum atomic E-state index is 12.2. The Morgan fingerprint density at radius 3 is 2.64 bits per heavy atom. The van der Waals surface area contributed by atoms with E-state index in [1.165, 1.54) is 0 Å². The number of amides is 1. The van der Waals surface area contributed by atoms with E-state index in [9.17, 15) is 4.79 Å². The number of rotatable bonds is 14. The van der Waals surface area contributed by atoms with Crippen LogP contribution < -0.4 is 19.5 Å². The van der Waals surface area contributed by atoms with E-state index in [1.807, 2.05) is 55.5 Å². The molecular formula is C31H34ClN3O4. The second-order valence-corrected chi connectivity index (χ2v) is 9.41. The summed E-state index contributed by atoms with van der Waals surface area (Å²) < 4.78 is 19.3. The van der Waals surface area contributed by atoms with Gasteiger partial charge in [-0.3, -0.25) is 4.79 Å². The van der Waals surface area contributed by atoms with Crippen LogP contribution in [0.25, 0.3) is 17.1 Å². The molecule has 0 bridgehead atoms. The molecule has 4 aromatic rings. The van der Waals surface area contributed by atoms with Crippen molar-refractivity contribution in [3.63, 3.8) is 0 Å². The van der Waals surface area contributed by atoms with Crippen molar-refractivity contribution in [2.45, 2.75) is 32.7 Å². The molecule has 0 aliphatic heterocycles. The quantitative estimate of drug-likeness (QED) is 0.187. The second kappa shape index (κ2) is 14.3. The molecule has 4 rings (SSSR count). The molecule has 1 aromatic heterocycles. The van der Waals surface area contributed by atoms with Crippen LogP contribution >= 0.6 is 11.6 Å². The number of carbonyl (C=O) groups excluding carboxylic acids is 1. The summed E-state index contributed by atoms with van der Waals surface area (Å²) in [7, 11) is 1.65. The topological polar surface area (TPSA) is 74.6 Å². The van der Waals surface area contributed by atoms with Crippen LogP contribution in [-0.2, 0) is 17.8 Å². The lowest BCUT2D eigenvalue weighted by atomic mass is 10.2. The van der Waals surface area contributed by atoms with E-state index in [2.05, 4.69) is 16.0 Å². The van der Waals surface area contributed by atoms with Crippen LogP contribution in [0.2, 0.25) is 5.02 Å². The standard InChI is InChI=1S/C31H34ClN3O4/c1-3-8-23-12-17-28(29(21-23)37-2)38-20-7-19-35-27-10-5-4-9-26(27)34-30(35)11-6-18-33-31(36)22-39-25-15-13-24(32)14-16-25/h3-5,8-10,12-17,21H,6-7,11,18-20,22H2,1-2H3,(H,33,36)/b8-3+. The first kappa shape index (κ1) is 28.0. The van der Waals surface area contributed by atoms with Crippen molar-refractivity contribution in [2.75, 3.05) is 26.9 Å². The highest BCUT2D eigenvalue weighted by atomic mass is 35.5. The number of allylic oxidation sites excluding steroid dienone is 1. The molecule has 0 aliphatic rings. The van der Waals surface area contributed by atoms with E-state index in [4.69, 9.17) is 30.8 Å². The van der Waals surface area contributed by atoms with Gasteiger partial charge in [0.05, 0.1) is 24.8 Å². The first-order chi connectivity index (χ1) is 19.1. The number of para-hydroxylation sites is 2. The van der Waals surface area contributed by atoms with Crippen LogP contribution in [0.1, 0.15) is 31.2 Å². The zero-order chi connectivity index (χ0) is 27.5. The maximum Gasteiger partial charge on any atom is 0.257 e. The third-order valence-corrected chi connectivity index (χ3v) is 6.40. The minimum absolute atomic E-state index is 0.0387. The third-order valence-electron chi connectivity index (χ3n) is 6.15. The van der Waals surface area contributed by atoms with Gasteiger partial charge in [-0.25, -0.2) is 4.98 Å². The van der Waals surface area contributed by atoms with Crippen molar-refractivity contribution >= 4 is 34.6 Å². The Labute approximate surface area is 234 Å². The molecule has 39 heavy (non-hydrogen) atoms. The molecule has 8 heteroatoms. The number of benzene rings is 3. The van der Waals surface area contributed by atoms with Crippen LogP contribution in [0.15, 0.2) is 72.8 Å². The van der Waals surface area contributed by atoms with Gasteiger partial charge in [0.2, 0.25) is 0 Å². The Balaban J connectivity index is 1.27. The molecule has 204 valence electrons. The monoisotopic (exact) mass is 547 g/mol. The van der Waals surface area contributed by atoms with Crippen molar-refractivity contribution in [1.29, 1.82) is 0 Å². The molecule has 7 nitrogen and oxygen atoms in total. The fraction of sp³-hybridized carbons (Fsp3) is 0.290. The minimum atomic E-state index is -0.162. The largest absolute Gasteiger partial charge is 0.493 e. The number of hydrogen-bond donors (Lipinski definition) is 1. The summed E-state index contributed by atoms with van der Waals surface area (Å²) in [4.78, 5) is 17.0. The summed E-state index contributed by atoms with van der Waals surface area (Å²) >= 11 is 5.88. The average Bonchev–Trinajstić information content (AvgIpc) is 3.31. The Kier molecular flexibility index (Phi) is 10.3. The SMILES string of the molecule is C/C=C/c1ccc(OCCCn2c(CCCNC(=O)COc3ccc(Cl)cc3)nc3ccccc32)c(OC)c1. The van der Waals surface area contributed by atoms with E-state index < -0.39 is 0 Å². The highest BCUT2D eigenvalue weighted by molar-refractivity contribution is 6.30. The number of fused-ring (bicyclic) bond motifs is 1. The van der Waals surface area contributed by atoms with E-state index in [-0.39, 0.29) is 12.5 Å². The van der Waals surface area contributed by atoms with E-state index >= 15 is 0 Å². The Morgan fingerprint density at radius 2 is 1.85 bits per heavy atom. The van der Waals surface area contributed by atoms with Crippen LogP contribution in [0.5, 0.6) is 17.2 Å². The highest BCUT2D eigenvalue weighted by Gasteiger charge is 2.11. The molecule has 0 saturated heterocycles. The summed E-state index contributed by atoms with van der Waals surface area (Å²) in [5.74, 6) is 2.90. The van der Waals surface area contributed by atoms with Crippen molar-refractivity contribution < 1.29 is 19.0 Å². The van der Waals surface area contributed by atoms with Crippen molar-refractivity contribution in [2.24, 2.45) is 0 Å². The van der Waals surface area contributed by atoms with Crippen LogP contribution in [-0.4, -0.2) is 42.3 Å². The lowest BCUT2D eigenvalue weighted by molar-refractivity contribution is -0.123. The third kappa shape index (κ3) is 8.01. The normalized spacial score (nSPS) is 11.2. The number of nitrogens with one attached hydrogen (secondary N) is 1. The number of hydrogen-bond acceptors (Lipinski definition) is 5. The zero-order valence-corrected chi connectivity index (χ0v) is 23.1. The molecule has 1 N–H and O–H groups in total.